The number of rotatable bonds is 2. The van der Waals surface area contributed by atoms with Crippen LogP contribution in [0.4, 0.5) is 5.13 Å². The van der Waals surface area contributed by atoms with Gasteiger partial charge >= 0.3 is 0 Å². The first-order chi connectivity index (χ1) is 6.70. The molecule has 1 atom stereocenters. The molecule has 14 heavy (non-hydrogen) atoms. The number of carbonyl (C=O) groups excluding carboxylic acids is 1. The van der Waals surface area contributed by atoms with Gasteiger partial charge in [0.1, 0.15) is 5.01 Å². The molecule has 5 nitrogen and oxygen atoms in total. The predicted molar refractivity (Wildman–Crippen MR) is 54.2 cm³/mol. The molecule has 2 heterocycles. The van der Waals surface area contributed by atoms with Gasteiger partial charge in [-0.15, -0.1) is 10.2 Å². The van der Waals surface area contributed by atoms with Crippen molar-refractivity contribution in [2.75, 3.05) is 18.0 Å². The molecule has 1 aliphatic heterocycles. The quantitative estimate of drug-likeness (QED) is 0.758. The highest BCUT2D eigenvalue weighted by Crippen LogP contribution is 2.26. The maximum absolute atomic E-state index is 11.6. The molecule has 2 rings (SSSR count). The molecular weight excluding hydrogens is 200 g/mol. The number of aromatic nitrogens is 2. The third-order valence-corrected chi connectivity index (χ3v) is 3.15. The SMILES string of the molecule is Cc1nnc(N2CC(CN)CC2=O)s1. The minimum absolute atomic E-state index is 0.108. The summed E-state index contributed by atoms with van der Waals surface area (Å²) in [6.45, 7) is 3.12. The van der Waals surface area contributed by atoms with E-state index in [1.54, 1.807) is 4.90 Å². The topological polar surface area (TPSA) is 72.1 Å². The van der Waals surface area contributed by atoms with Gasteiger partial charge in [-0.05, 0) is 19.4 Å². The van der Waals surface area contributed by atoms with E-state index in [0.29, 0.717) is 24.6 Å². The Morgan fingerprint density at radius 1 is 1.64 bits per heavy atom. The minimum atomic E-state index is 0.108. The van der Waals surface area contributed by atoms with Crippen LogP contribution >= 0.6 is 11.3 Å². The summed E-state index contributed by atoms with van der Waals surface area (Å²) < 4.78 is 0. The monoisotopic (exact) mass is 212 g/mol. The molecule has 0 aromatic carbocycles. The largest absolute Gasteiger partial charge is 0.330 e. The lowest BCUT2D eigenvalue weighted by atomic mass is 10.1. The van der Waals surface area contributed by atoms with Gasteiger partial charge < -0.3 is 5.73 Å². The highest BCUT2D eigenvalue weighted by Gasteiger charge is 2.31. The molecule has 1 fully saturated rings. The molecule has 0 radical (unpaired) electrons. The number of hydrogen-bond acceptors (Lipinski definition) is 5. The summed E-state index contributed by atoms with van der Waals surface area (Å²) in [5.41, 5.74) is 5.53. The molecule has 0 spiro atoms. The van der Waals surface area contributed by atoms with Gasteiger partial charge in [-0.25, -0.2) is 0 Å². The van der Waals surface area contributed by atoms with Gasteiger partial charge in [0.2, 0.25) is 11.0 Å². The van der Waals surface area contributed by atoms with E-state index < -0.39 is 0 Å². The first-order valence-corrected chi connectivity index (χ1v) is 5.33. The average molecular weight is 212 g/mol. The van der Waals surface area contributed by atoms with Crippen LogP contribution in [-0.4, -0.2) is 29.2 Å². The molecule has 0 bridgehead atoms. The second kappa shape index (κ2) is 3.62. The van der Waals surface area contributed by atoms with Crippen molar-refractivity contribution in [3.05, 3.63) is 5.01 Å². The van der Waals surface area contributed by atoms with Crippen LogP contribution < -0.4 is 10.6 Å². The van der Waals surface area contributed by atoms with Crippen LogP contribution in [0.1, 0.15) is 11.4 Å². The van der Waals surface area contributed by atoms with Crippen molar-refractivity contribution in [2.45, 2.75) is 13.3 Å². The van der Waals surface area contributed by atoms with E-state index in [-0.39, 0.29) is 11.8 Å². The first kappa shape index (κ1) is 9.54. The Labute approximate surface area is 85.9 Å². The van der Waals surface area contributed by atoms with Gasteiger partial charge in [-0.3, -0.25) is 9.69 Å². The molecular formula is C8H12N4OS. The third kappa shape index (κ3) is 1.62. The second-order valence-corrected chi connectivity index (χ2v) is 4.57. The Morgan fingerprint density at radius 3 is 2.93 bits per heavy atom. The maximum atomic E-state index is 11.6. The van der Waals surface area contributed by atoms with Crippen LogP contribution in [0.2, 0.25) is 0 Å². The zero-order chi connectivity index (χ0) is 10.1. The van der Waals surface area contributed by atoms with Crippen molar-refractivity contribution in [3.8, 4) is 0 Å². The Morgan fingerprint density at radius 2 is 2.43 bits per heavy atom. The summed E-state index contributed by atoms with van der Waals surface area (Å²) in [6, 6.07) is 0. The molecule has 2 N–H and O–H groups in total. The summed E-state index contributed by atoms with van der Waals surface area (Å²) in [5, 5.41) is 9.42. The molecule has 1 unspecified atom stereocenters. The number of hydrogen-bond donors (Lipinski definition) is 1. The molecule has 76 valence electrons. The highest BCUT2D eigenvalue weighted by atomic mass is 32.1. The van der Waals surface area contributed by atoms with E-state index in [4.69, 9.17) is 5.73 Å². The Kier molecular flexibility index (Phi) is 2.47. The number of nitrogens with zero attached hydrogens (tertiary/aromatic N) is 3. The van der Waals surface area contributed by atoms with Crippen LogP contribution in [0.25, 0.3) is 0 Å². The van der Waals surface area contributed by atoms with Gasteiger partial charge in [-0.1, -0.05) is 11.3 Å². The van der Waals surface area contributed by atoms with E-state index in [2.05, 4.69) is 10.2 Å². The summed E-state index contributed by atoms with van der Waals surface area (Å²) in [7, 11) is 0. The lowest BCUT2D eigenvalue weighted by molar-refractivity contribution is -0.117. The number of carbonyl (C=O) groups is 1. The lowest BCUT2D eigenvalue weighted by Gasteiger charge is -2.10. The molecule has 0 saturated carbocycles. The zero-order valence-corrected chi connectivity index (χ0v) is 8.75. The molecule has 0 aliphatic carbocycles. The van der Waals surface area contributed by atoms with Crippen molar-refractivity contribution < 1.29 is 4.79 Å². The molecule has 1 aromatic heterocycles. The Balaban J connectivity index is 2.16. The molecule has 1 amide bonds. The normalized spacial score (nSPS) is 22.0. The number of amides is 1. The minimum Gasteiger partial charge on any atom is -0.330 e. The second-order valence-electron chi connectivity index (χ2n) is 3.41. The van der Waals surface area contributed by atoms with Crippen LogP contribution in [0.3, 0.4) is 0 Å². The van der Waals surface area contributed by atoms with Crippen molar-refractivity contribution >= 4 is 22.4 Å². The molecule has 6 heteroatoms. The van der Waals surface area contributed by atoms with E-state index in [0.717, 1.165) is 5.01 Å². The Hall–Kier alpha value is -1.01. The van der Waals surface area contributed by atoms with Crippen LogP contribution in [0.5, 0.6) is 0 Å². The van der Waals surface area contributed by atoms with E-state index in [1.165, 1.54) is 11.3 Å². The van der Waals surface area contributed by atoms with Crippen molar-refractivity contribution in [2.24, 2.45) is 11.7 Å². The van der Waals surface area contributed by atoms with Crippen molar-refractivity contribution in [3.63, 3.8) is 0 Å². The van der Waals surface area contributed by atoms with E-state index in [9.17, 15) is 4.79 Å². The molecule has 1 saturated heterocycles. The van der Waals surface area contributed by atoms with Gasteiger partial charge in [0.25, 0.3) is 0 Å². The smallest absolute Gasteiger partial charge is 0.229 e. The summed E-state index contributed by atoms with van der Waals surface area (Å²) in [5.74, 6) is 0.378. The summed E-state index contributed by atoms with van der Waals surface area (Å²) >= 11 is 1.44. The first-order valence-electron chi connectivity index (χ1n) is 4.51. The number of anilines is 1. The fraction of sp³-hybridized carbons (Fsp3) is 0.625. The zero-order valence-electron chi connectivity index (χ0n) is 7.93. The average Bonchev–Trinajstić information content (AvgIpc) is 2.71. The van der Waals surface area contributed by atoms with Crippen molar-refractivity contribution in [1.82, 2.24) is 10.2 Å². The third-order valence-electron chi connectivity index (χ3n) is 2.28. The van der Waals surface area contributed by atoms with Gasteiger partial charge in [0, 0.05) is 13.0 Å². The van der Waals surface area contributed by atoms with Gasteiger partial charge in [-0.2, -0.15) is 0 Å². The summed E-state index contributed by atoms with van der Waals surface area (Å²) in [6.07, 6.45) is 0.537. The number of aryl methyl sites for hydroxylation is 1. The standard InChI is InChI=1S/C8H12N4OS/c1-5-10-11-8(14-5)12-4-6(3-9)2-7(12)13/h6H,2-4,9H2,1H3. The summed E-state index contributed by atoms with van der Waals surface area (Å²) in [4.78, 5) is 13.2. The van der Waals surface area contributed by atoms with E-state index >= 15 is 0 Å². The van der Waals surface area contributed by atoms with Crippen molar-refractivity contribution in [1.29, 1.82) is 0 Å². The Bertz CT molecular complexity index is 351. The fourth-order valence-electron chi connectivity index (χ4n) is 1.52. The van der Waals surface area contributed by atoms with Gasteiger partial charge in [0.05, 0.1) is 0 Å². The van der Waals surface area contributed by atoms with Crippen LogP contribution in [0, 0.1) is 12.8 Å². The predicted octanol–water partition coefficient (Wildman–Crippen LogP) is 0.158. The number of nitrogens with two attached hydrogens (primary N) is 1. The lowest BCUT2D eigenvalue weighted by Crippen LogP contribution is -2.25. The maximum Gasteiger partial charge on any atom is 0.229 e. The fourth-order valence-corrected chi connectivity index (χ4v) is 2.23. The van der Waals surface area contributed by atoms with Gasteiger partial charge in [0.15, 0.2) is 0 Å². The van der Waals surface area contributed by atoms with E-state index in [1.807, 2.05) is 6.92 Å². The highest BCUT2D eigenvalue weighted by molar-refractivity contribution is 7.15. The van der Waals surface area contributed by atoms with Crippen LogP contribution in [0.15, 0.2) is 0 Å². The molecule has 1 aliphatic rings. The van der Waals surface area contributed by atoms with Crippen LogP contribution in [-0.2, 0) is 4.79 Å². The molecule has 1 aromatic rings.